The molecule has 0 aliphatic heterocycles. The van der Waals surface area contributed by atoms with E-state index >= 15 is 0 Å². The maximum Gasteiger partial charge on any atom is 0.251 e. The third-order valence-corrected chi connectivity index (χ3v) is 7.56. The van der Waals surface area contributed by atoms with E-state index < -0.39 is 15.1 Å². The first-order valence-corrected chi connectivity index (χ1v) is 10.5. The lowest BCUT2D eigenvalue weighted by Crippen LogP contribution is -2.31. The van der Waals surface area contributed by atoms with Crippen molar-refractivity contribution in [2.75, 3.05) is 13.7 Å². The summed E-state index contributed by atoms with van der Waals surface area (Å²) in [6.07, 6.45) is 3.02. The first kappa shape index (κ1) is 19.1. The molecule has 8 heteroatoms. The van der Waals surface area contributed by atoms with Crippen molar-refractivity contribution in [1.29, 1.82) is 0 Å². The summed E-state index contributed by atoms with van der Waals surface area (Å²) < 4.78 is 31.6. The summed E-state index contributed by atoms with van der Waals surface area (Å²) in [6.45, 7) is -0.0479. The van der Waals surface area contributed by atoms with Gasteiger partial charge in [0, 0.05) is 24.5 Å². The molecule has 0 saturated heterocycles. The van der Waals surface area contributed by atoms with Gasteiger partial charge in [0.15, 0.2) is 9.84 Å². The van der Waals surface area contributed by atoms with Crippen LogP contribution < -0.4 is 10.1 Å². The molecule has 0 bridgehead atoms. The highest BCUT2D eigenvalue weighted by Gasteiger charge is 2.30. The van der Waals surface area contributed by atoms with Crippen LogP contribution >= 0.6 is 11.3 Å². The van der Waals surface area contributed by atoms with E-state index in [4.69, 9.17) is 4.74 Å². The van der Waals surface area contributed by atoms with Crippen LogP contribution in [0, 0.1) is 0 Å². The van der Waals surface area contributed by atoms with E-state index in [-0.39, 0.29) is 16.7 Å². The zero-order valence-electron chi connectivity index (χ0n) is 14.5. The van der Waals surface area contributed by atoms with Crippen LogP contribution in [0.25, 0.3) is 0 Å². The summed E-state index contributed by atoms with van der Waals surface area (Å²) in [5.41, 5.74) is 1.01. The number of pyridine rings is 1. The summed E-state index contributed by atoms with van der Waals surface area (Å²) in [4.78, 5) is 16.2. The van der Waals surface area contributed by atoms with Gasteiger partial charge in [0.25, 0.3) is 5.91 Å². The Morgan fingerprint density at radius 3 is 2.44 bits per heavy atom. The Kier molecular flexibility index (Phi) is 5.88. The number of carbonyl (C=O) groups is 1. The summed E-state index contributed by atoms with van der Waals surface area (Å²) in [7, 11) is -2.11. The second-order valence-electron chi connectivity index (χ2n) is 5.68. The molecule has 0 spiro atoms. The molecule has 3 rings (SSSR count). The molecule has 0 radical (unpaired) electrons. The van der Waals surface area contributed by atoms with Crippen molar-refractivity contribution < 1.29 is 17.9 Å². The Labute approximate surface area is 161 Å². The third kappa shape index (κ3) is 4.35. The summed E-state index contributed by atoms with van der Waals surface area (Å²) in [5, 5.41) is 3.53. The number of hydrogen-bond donors (Lipinski definition) is 1. The lowest BCUT2D eigenvalue weighted by atomic mass is 10.1. The van der Waals surface area contributed by atoms with Crippen LogP contribution in [0.2, 0.25) is 0 Å². The topological polar surface area (TPSA) is 85.4 Å². The number of rotatable bonds is 7. The van der Waals surface area contributed by atoms with Crippen LogP contribution in [0.15, 0.2) is 70.5 Å². The van der Waals surface area contributed by atoms with Crippen LogP contribution in [0.5, 0.6) is 5.75 Å². The molecule has 1 amide bonds. The summed E-state index contributed by atoms with van der Waals surface area (Å²) in [5.74, 6) is 0.282. The van der Waals surface area contributed by atoms with Crippen LogP contribution in [-0.2, 0) is 9.84 Å². The molecular weight excluding hydrogens is 384 g/mol. The summed E-state index contributed by atoms with van der Waals surface area (Å²) in [6, 6.07) is 13.2. The number of benzene rings is 1. The zero-order chi connectivity index (χ0) is 19.3. The molecule has 2 heterocycles. The van der Waals surface area contributed by atoms with E-state index in [1.165, 1.54) is 12.4 Å². The molecule has 1 atom stereocenters. The Bertz CT molecular complexity index is 986. The first-order valence-electron chi connectivity index (χ1n) is 8.12. The van der Waals surface area contributed by atoms with Gasteiger partial charge in [0.2, 0.25) is 0 Å². The van der Waals surface area contributed by atoms with Crippen molar-refractivity contribution in [3.05, 3.63) is 77.4 Å². The van der Waals surface area contributed by atoms with Gasteiger partial charge in [-0.05, 0) is 41.3 Å². The summed E-state index contributed by atoms with van der Waals surface area (Å²) >= 11 is 1.16. The predicted molar refractivity (Wildman–Crippen MR) is 104 cm³/mol. The van der Waals surface area contributed by atoms with Gasteiger partial charge in [-0.1, -0.05) is 18.2 Å². The monoisotopic (exact) mass is 402 g/mol. The molecule has 1 N–H and O–H groups in total. The van der Waals surface area contributed by atoms with Gasteiger partial charge in [-0.25, -0.2) is 8.42 Å². The molecule has 27 heavy (non-hydrogen) atoms. The maximum atomic E-state index is 13.1. The van der Waals surface area contributed by atoms with E-state index in [1.54, 1.807) is 61.0 Å². The number of amides is 1. The number of nitrogens with zero attached hydrogens (tertiary/aromatic N) is 1. The maximum absolute atomic E-state index is 13.1. The number of aromatic nitrogens is 1. The molecule has 140 valence electrons. The third-order valence-electron chi connectivity index (χ3n) is 4.03. The van der Waals surface area contributed by atoms with E-state index in [2.05, 4.69) is 10.3 Å². The quantitative estimate of drug-likeness (QED) is 0.656. The lowest BCUT2D eigenvalue weighted by Gasteiger charge is -2.18. The number of nitrogens with one attached hydrogen (secondary N) is 1. The van der Waals surface area contributed by atoms with E-state index in [1.807, 2.05) is 0 Å². The van der Waals surface area contributed by atoms with Gasteiger partial charge < -0.3 is 10.1 Å². The van der Waals surface area contributed by atoms with Gasteiger partial charge in [-0.15, -0.1) is 11.3 Å². The Balaban J connectivity index is 1.89. The Morgan fingerprint density at radius 1 is 1.15 bits per heavy atom. The average molecular weight is 402 g/mol. The zero-order valence-corrected chi connectivity index (χ0v) is 16.2. The van der Waals surface area contributed by atoms with Crippen LogP contribution in [-0.4, -0.2) is 33.0 Å². The fourth-order valence-corrected chi connectivity index (χ4v) is 5.45. The standard InChI is InChI=1S/C19H18N2O4S2/c1-25-16-6-4-14(5-7-16)17(27(23,24)18-3-2-12-26-18)13-21-19(22)15-8-10-20-11-9-15/h2-12,17H,13H2,1H3,(H,21,22)/t17-/m1/s1. The molecular formula is C19H18N2O4S2. The second kappa shape index (κ2) is 8.32. The average Bonchev–Trinajstić information content (AvgIpc) is 3.25. The van der Waals surface area contributed by atoms with Gasteiger partial charge in [-0.3, -0.25) is 9.78 Å². The van der Waals surface area contributed by atoms with Crippen molar-refractivity contribution in [2.45, 2.75) is 9.46 Å². The lowest BCUT2D eigenvalue weighted by molar-refractivity contribution is 0.0953. The number of sulfone groups is 1. The van der Waals surface area contributed by atoms with Crippen LogP contribution in [0.3, 0.4) is 0 Å². The van der Waals surface area contributed by atoms with E-state index in [0.29, 0.717) is 16.9 Å². The fourth-order valence-electron chi connectivity index (χ4n) is 2.58. The van der Waals surface area contributed by atoms with Gasteiger partial charge >= 0.3 is 0 Å². The highest BCUT2D eigenvalue weighted by Crippen LogP contribution is 2.32. The van der Waals surface area contributed by atoms with Crippen LogP contribution in [0.1, 0.15) is 21.2 Å². The highest BCUT2D eigenvalue weighted by molar-refractivity contribution is 7.93. The number of methoxy groups -OCH3 is 1. The highest BCUT2D eigenvalue weighted by atomic mass is 32.2. The molecule has 1 aromatic carbocycles. The second-order valence-corrected chi connectivity index (χ2v) is 8.99. The number of thiophene rings is 1. The Hall–Kier alpha value is -2.71. The van der Waals surface area contributed by atoms with Crippen molar-refractivity contribution in [3.63, 3.8) is 0 Å². The van der Waals surface area contributed by atoms with Crippen molar-refractivity contribution in [2.24, 2.45) is 0 Å². The van der Waals surface area contributed by atoms with E-state index in [9.17, 15) is 13.2 Å². The normalized spacial score (nSPS) is 12.3. The Morgan fingerprint density at radius 2 is 1.85 bits per heavy atom. The molecule has 2 aromatic heterocycles. The minimum atomic E-state index is -3.66. The van der Waals surface area contributed by atoms with Gasteiger partial charge in [-0.2, -0.15) is 0 Å². The van der Waals surface area contributed by atoms with Gasteiger partial charge in [0.05, 0.1) is 7.11 Å². The molecule has 6 nitrogen and oxygen atoms in total. The smallest absolute Gasteiger partial charge is 0.251 e. The van der Waals surface area contributed by atoms with Gasteiger partial charge in [0.1, 0.15) is 15.2 Å². The minimum Gasteiger partial charge on any atom is -0.497 e. The first-order chi connectivity index (χ1) is 13.0. The molecule has 0 saturated carbocycles. The van der Waals surface area contributed by atoms with E-state index in [0.717, 1.165) is 11.3 Å². The van der Waals surface area contributed by atoms with Crippen molar-refractivity contribution in [3.8, 4) is 5.75 Å². The number of carbonyl (C=O) groups excluding carboxylic acids is 1. The molecule has 0 aliphatic carbocycles. The molecule has 0 aliphatic rings. The minimum absolute atomic E-state index is 0.0479. The number of hydrogen-bond acceptors (Lipinski definition) is 6. The van der Waals surface area contributed by atoms with Crippen molar-refractivity contribution >= 4 is 27.1 Å². The molecule has 0 unspecified atom stereocenters. The SMILES string of the molecule is COc1ccc([C@@H](CNC(=O)c2ccncc2)S(=O)(=O)c2cccs2)cc1. The fraction of sp³-hybridized carbons (Fsp3) is 0.158. The molecule has 0 fully saturated rings. The van der Waals surface area contributed by atoms with Crippen LogP contribution in [0.4, 0.5) is 0 Å². The van der Waals surface area contributed by atoms with Crippen molar-refractivity contribution in [1.82, 2.24) is 10.3 Å². The molecule has 3 aromatic rings. The predicted octanol–water partition coefficient (Wildman–Crippen LogP) is 3.10. The largest absolute Gasteiger partial charge is 0.497 e. The number of ether oxygens (including phenoxy) is 1.